The van der Waals surface area contributed by atoms with Gasteiger partial charge in [0.15, 0.2) is 0 Å². The number of rotatable bonds is 5. The van der Waals surface area contributed by atoms with Crippen LogP contribution in [0, 0.1) is 0 Å². The van der Waals surface area contributed by atoms with E-state index in [0.29, 0.717) is 0 Å². The van der Waals surface area contributed by atoms with Gasteiger partial charge in [-0.3, -0.25) is 9.97 Å². The van der Waals surface area contributed by atoms with Crippen LogP contribution in [-0.4, -0.2) is 23.6 Å². The standard InChI is InChI=1S/C14H17N3O/c1-3-15-6-11-4-12(8-16-7-11)13-5-14(18-2)10-17-9-13/h4-5,7-10,15H,3,6H2,1-2H3. The minimum Gasteiger partial charge on any atom is -0.495 e. The summed E-state index contributed by atoms with van der Waals surface area (Å²) in [4.78, 5) is 8.42. The highest BCUT2D eigenvalue weighted by Gasteiger charge is 2.02. The number of hydrogen-bond donors (Lipinski definition) is 1. The van der Waals surface area contributed by atoms with Crippen molar-refractivity contribution < 1.29 is 4.74 Å². The van der Waals surface area contributed by atoms with Crippen molar-refractivity contribution in [2.75, 3.05) is 13.7 Å². The summed E-state index contributed by atoms with van der Waals surface area (Å²) >= 11 is 0. The molecule has 0 fully saturated rings. The van der Waals surface area contributed by atoms with E-state index in [1.807, 2.05) is 24.7 Å². The van der Waals surface area contributed by atoms with Crippen LogP contribution in [-0.2, 0) is 6.54 Å². The lowest BCUT2D eigenvalue weighted by molar-refractivity contribution is 0.413. The third-order valence-corrected chi connectivity index (χ3v) is 2.66. The van der Waals surface area contributed by atoms with Gasteiger partial charge in [0.25, 0.3) is 0 Å². The second kappa shape index (κ2) is 6.12. The zero-order chi connectivity index (χ0) is 12.8. The molecule has 0 radical (unpaired) electrons. The molecule has 0 aromatic carbocycles. The molecule has 0 aliphatic rings. The molecule has 0 aliphatic heterocycles. The summed E-state index contributed by atoms with van der Waals surface area (Å²) in [5.41, 5.74) is 3.23. The first-order chi connectivity index (χ1) is 8.83. The maximum atomic E-state index is 5.18. The van der Waals surface area contributed by atoms with Crippen molar-refractivity contribution in [1.82, 2.24) is 15.3 Å². The molecule has 1 N–H and O–H groups in total. The number of nitrogens with zero attached hydrogens (tertiary/aromatic N) is 2. The minimum atomic E-state index is 0.754. The highest BCUT2D eigenvalue weighted by molar-refractivity contribution is 5.63. The maximum Gasteiger partial charge on any atom is 0.137 e. The van der Waals surface area contributed by atoms with Crippen LogP contribution in [0.4, 0.5) is 0 Å². The molecule has 0 unspecified atom stereocenters. The van der Waals surface area contributed by atoms with Crippen molar-refractivity contribution in [3.05, 3.63) is 42.5 Å². The Morgan fingerprint density at radius 2 is 1.78 bits per heavy atom. The van der Waals surface area contributed by atoms with Gasteiger partial charge in [0.1, 0.15) is 5.75 Å². The predicted octanol–water partition coefficient (Wildman–Crippen LogP) is 2.26. The van der Waals surface area contributed by atoms with Gasteiger partial charge in [0.05, 0.1) is 13.3 Å². The van der Waals surface area contributed by atoms with Gasteiger partial charge >= 0.3 is 0 Å². The molecule has 4 heteroatoms. The molecule has 2 aromatic heterocycles. The van der Waals surface area contributed by atoms with Crippen LogP contribution >= 0.6 is 0 Å². The number of pyridine rings is 2. The number of hydrogen-bond acceptors (Lipinski definition) is 4. The first kappa shape index (κ1) is 12.5. The number of nitrogens with one attached hydrogen (secondary N) is 1. The zero-order valence-corrected chi connectivity index (χ0v) is 10.7. The summed E-state index contributed by atoms with van der Waals surface area (Å²) in [6.45, 7) is 3.86. The topological polar surface area (TPSA) is 47.0 Å². The fraction of sp³-hybridized carbons (Fsp3) is 0.286. The fourth-order valence-electron chi connectivity index (χ4n) is 1.70. The van der Waals surface area contributed by atoms with Gasteiger partial charge < -0.3 is 10.1 Å². The summed E-state index contributed by atoms with van der Waals surface area (Å²) in [5, 5.41) is 3.29. The van der Waals surface area contributed by atoms with Crippen LogP contribution < -0.4 is 10.1 Å². The molecule has 0 amide bonds. The van der Waals surface area contributed by atoms with Crippen molar-refractivity contribution >= 4 is 0 Å². The Bertz CT molecular complexity index is 514. The Kier molecular flexibility index (Phi) is 4.25. The molecule has 0 aliphatic carbocycles. The molecule has 2 heterocycles. The molecule has 0 saturated heterocycles. The first-order valence-corrected chi connectivity index (χ1v) is 5.97. The van der Waals surface area contributed by atoms with Crippen LogP contribution in [0.1, 0.15) is 12.5 Å². The average molecular weight is 243 g/mol. The summed E-state index contributed by atoms with van der Waals surface area (Å²) < 4.78 is 5.18. The highest BCUT2D eigenvalue weighted by atomic mass is 16.5. The Morgan fingerprint density at radius 3 is 2.50 bits per heavy atom. The van der Waals surface area contributed by atoms with Crippen molar-refractivity contribution in [3.8, 4) is 16.9 Å². The fourth-order valence-corrected chi connectivity index (χ4v) is 1.70. The van der Waals surface area contributed by atoms with E-state index in [9.17, 15) is 0 Å². The second-order valence-corrected chi connectivity index (χ2v) is 3.98. The van der Waals surface area contributed by atoms with Gasteiger partial charge in [-0.1, -0.05) is 6.92 Å². The van der Waals surface area contributed by atoms with Crippen molar-refractivity contribution in [3.63, 3.8) is 0 Å². The molecule has 4 nitrogen and oxygen atoms in total. The molecule has 18 heavy (non-hydrogen) atoms. The minimum absolute atomic E-state index is 0.754. The van der Waals surface area contributed by atoms with E-state index in [-0.39, 0.29) is 0 Å². The quantitative estimate of drug-likeness (QED) is 0.875. The summed E-state index contributed by atoms with van der Waals surface area (Å²) in [5.74, 6) is 0.754. The lowest BCUT2D eigenvalue weighted by Gasteiger charge is -2.06. The Hall–Kier alpha value is -1.94. The molecule has 2 aromatic rings. The van der Waals surface area contributed by atoms with E-state index in [1.54, 1.807) is 13.3 Å². The molecule has 0 saturated carbocycles. The average Bonchev–Trinajstić information content (AvgIpc) is 2.45. The Balaban J connectivity index is 2.26. The van der Waals surface area contributed by atoms with E-state index < -0.39 is 0 Å². The van der Waals surface area contributed by atoms with Gasteiger partial charge in [-0.2, -0.15) is 0 Å². The number of methoxy groups -OCH3 is 1. The van der Waals surface area contributed by atoms with Gasteiger partial charge in [-0.15, -0.1) is 0 Å². The number of ether oxygens (including phenoxy) is 1. The SMILES string of the molecule is CCNCc1cncc(-c2cncc(OC)c2)c1. The highest BCUT2D eigenvalue weighted by Crippen LogP contribution is 2.22. The van der Waals surface area contributed by atoms with Crippen LogP contribution in [0.15, 0.2) is 36.9 Å². The molecular weight excluding hydrogens is 226 g/mol. The third-order valence-electron chi connectivity index (χ3n) is 2.66. The predicted molar refractivity (Wildman–Crippen MR) is 71.4 cm³/mol. The molecule has 2 rings (SSSR count). The molecule has 0 atom stereocenters. The van der Waals surface area contributed by atoms with E-state index in [2.05, 4.69) is 28.3 Å². The summed E-state index contributed by atoms with van der Waals surface area (Å²) in [6, 6.07) is 4.08. The van der Waals surface area contributed by atoms with Gasteiger partial charge in [0, 0.05) is 36.3 Å². The maximum absolute atomic E-state index is 5.18. The molecule has 94 valence electrons. The van der Waals surface area contributed by atoms with Crippen molar-refractivity contribution in [2.24, 2.45) is 0 Å². The smallest absolute Gasteiger partial charge is 0.137 e. The first-order valence-electron chi connectivity index (χ1n) is 5.97. The second-order valence-electron chi connectivity index (χ2n) is 3.98. The molecule has 0 spiro atoms. The van der Waals surface area contributed by atoms with Gasteiger partial charge in [-0.05, 0) is 24.2 Å². The summed E-state index contributed by atoms with van der Waals surface area (Å²) in [7, 11) is 1.64. The van der Waals surface area contributed by atoms with E-state index in [1.165, 1.54) is 0 Å². The Morgan fingerprint density at radius 1 is 1.06 bits per heavy atom. The normalized spacial score (nSPS) is 10.3. The number of aromatic nitrogens is 2. The monoisotopic (exact) mass is 243 g/mol. The van der Waals surface area contributed by atoms with Crippen LogP contribution in [0.5, 0.6) is 5.75 Å². The van der Waals surface area contributed by atoms with Gasteiger partial charge in [0.2, 0.25) is 0 Å². The van der Waals surface area contributed by atoms with Crippen molar-refractivity contribution in [1.29, 1.82) is 0 Å². The van der Waals surface area contributed by atoms with Crippen LogP contribution in [0.2, 0.25) is 0 Å². The van der Waals surface area contributed by atoms with Crippen LogP contribution in [0.3, 0.4) is 0 Å². The zero-order valence-electron chi connectivity index (χ0n) is 10.7. The lowest BCUT2D eigenvalue weighted by Crippen LogP contribution is -2.11. The van der Waals surface area contributed by atoms with Gasteiger partial charge in [-0.25, -0.2) is 0 Å². The Labute approximate surface area is 107 Å². The summed E-state index contributed by atoms with van der Waals surface area (Å²) in [6.07, 6.45) is 7.22. The van der Waals surface area contributed by atoms with E-state index in [4.69, 9.17) is 4.74 Å². The van der Waals surface area contributed by atoms with Crippen molar-refractivity contribution in [2.45, 2.75) is 13.5 Å². The van der Waals surface area contributed by atoms with E-state index in [0.717, 1.165) is 35.5 Å². The third kappa shape index (κ3) is 3.05. The van der Waals surface area contributed by atoms with Crippen LogP contribution in [0.25, 0.3) is 11.1 Å². The lowest BCUT2D eigenvalue weighted by atomic mass is 10.1. The molecular formula is C14H17N3O. The largest absolute Gasteiger partial charge is 0.495 e. The van der Waals surface area contributed by atoms with E-state index >= 15 is 0 Å². The molecule has 0 bridgehead atoms.